The van der Waals surface area contributed by atoms with E-state index in [-0.39, 0.29) is 0 Å². The molecule has 7 nitrogen and oxygen atoms in total. The van der Waals surface area contributed by atoms with E-state index in [9.17, 15) is 4.21 Å². The molecule has 0 bridgehead atoms. The lowest BCUT2D eigenvalue weighted by Crippen LogP contribution is -2.47. The lowest BCUT2D eigenvalue weighted by molar-refractivity contribution is 0.122. The van der Waals surface area contributed by atoms with Crippen molar-refractivity contribution < 1.29 is 8.95 Å². The average Bonchev–Trinajstić information content (AvgIpc) is 3.15. The van der Waals surface area contributed by atoms with Gasteiger partial charge in [0.2, 0.25) is 5.95 Å². The predicted octanol–water partition coefficient (Wildman–Crippen LogP) is 1.96. The molecule has 9 heteroatoms. The monoisotopic (exact) mass is 433 g/mol. The molecule has 0 spiro atoms. The van der Waals surface area contributed by atoms with E-state index < -0.39 is 10.8 Å². The van der Waals surface area contributed by atoms with Crippen molar-refractivity contribution >= 4 is 39.9 Å². The van der Waals surface area contributed by atoms with Crippen molar-refractivity contribution in [3.05, 3.63) is 35.0 Å². The Morgan fingerprint density at radius 3 is 2.31 bits per heavy atom. The maximum Gasteiger partial charge on any atom is 0.227 e. The molecule has 3 aliphatic heterocycles. The number of halogens is 1. The molecule has 5 rings (SSSR count). The molecule has 154 valence electrons. The smallest absolute Gasteiger partial charge is 0.227 e. The van der Waals surface area contributed by atoms with Crippen LogP contribution < -0.4 is 14.7 Å². The van der Waals surface area contributed by atoms with E-state index in [0.29, 0.717) is 19.0 Å². The molecular weight excluding hydrogens is 410 g/mol. The summed E-state index contributed by atoms with van der Waals surface area (Å²) >= 11 is 6.01. The quantitative estimate of drug-likeness (QED) is 0.733. The van der Waals surface area contributed by atoms with Crippen molar-refractivity contribution in [3.63, 3.8) is 0 Å². The summed E-state index contributed by atoms with van der Waals surface area (Å²) in [5.74, 6) is 2.26. The fourth-order valence-electron chi connectivity index (χ4n) is 4.11. The van der Waals surface area contributed by atoms with Gasteiger partial charge in [-0.3, -0.25) is 4.21 Å². The summed E-state index contributed by atoms with van der Waals surface area (Å²) in [6.45, 7) is 6.44. The van der Waals surface area contributed by atoms with Crippen molar-refractivity contribution in [1.29, 1.82) is 0 Å². The normalized spacial score (nSPS) is 22.1. The lowest BCUT2D eigenvalue weighted by Gasteiger charge is -2.37. The third kappa shape index (κ3) is 3.81. The van der Waals surface area contributed by atoms with Crippen LogP contribution in [0.3, 0.4) is 0 Å². The number of ether oxygens (including phenoxy) is 1. The van der Waals surface area contributed by atoms with Gasteiger partial charge >= 0.3 is 0 Å². The van der Waals surface area contributed by atoms with Gasteiger partial charge in [0.15, 0.2) is 5.82 Å². The summed E-state index contributed by atoms with van der Waals surface area (Å²) in [6.07, 6.45) is 0.763. The number of piperazine rings is 1. The van der Waals surface area contributed by atoms with Gasteiger partial charge in [-0.2, -0.15) is 4.98 Å². The first-order valence-electron chi connectivity index (χ1n) is 10.1. The van der Waals surface area contributed by atoms with Crippen LogP contribution in [0.15, 0.2) is 29.2 Å². The third-order valence-electron chi connectivity index (χ3n) is 5.72. The number of hydrogen-bond acceptors (Lipinski definition) is 7. The molecule has 0 N–H and O–H groups in total. The number of aryl methyl sites for hydroxylation is 1. The van der Waals surface area contributed by atoms with Crippen LogP contribution in [0, 0.1) is 0 Å². The van der Waals surface area contributed by atoms with Crippen molar-refractivity contribution in [2.24, 2.45) is 0 Å². The van der Waals surface area contributed by atoms with Crippen LogP contribution >= 0.6 is 11.6 Å². The Morgan fingerprint density at radius 1 is 0.897 bits per heavy atom. The van der Waals surface area contributed by atoms with Gasteiger partial charge < -0.3 is 19.4 Å². The molecule has 2 fully saturated rings. The Labute approximate surface area is 178 Å². The number of anilines is 3. The molecule has 4 heterocycles. The van der Waals surface area contributed by atoms with E-state index in [1.807, 2.05) is 12.1 Å². The van der Waals surface area contributed by atoms with Gasteiger partial charge in [0.05, 0.1) is 29.7 Å². The van der Waals surface area contributed by atoms with Gasteiger partial charge in [0, 0.05) is 62.2 Å². The summed E-state index contributed by atoms with van der Waals surface area (Å²) in [5.41, 5.74) is 2.14. The van der Waals surface area contributed by atoms with Gasteiger partial charge in [-0.05, 0) is 24.3 Å². The first-order chi connectivity index (χ1) is 14.2. The minimum Gasteiger partial charge on any atom is -0.378 e. The van der Waals surface area contributed by atoms with E-state index >= 15 is 0 Å². The Bertz CT molecular complexity index is 912. The molecule has 1 aromatic heterocycles. The SMILES string of the molecule is O=[S@@]1CCc2nc(N3CCN(c4ccc(Cl)cc4)CC3)nc(N3CCOCC3)c21. The number of aromatic nitrogens is 2. The zero-order chi connectivity index (χ0) is 19.8. The van der Waals surface area contributed by atoms with Crippen LogP contribution in [0.4, 0.5) is 17.5 Å². The average molecular weight is 434 g/mol. The summed E-state index contributed by atoms with van der Waals surface area (Å²) in [7, 11) is -1.00. The van der Waals surface area contributed by atoms with Gasteiger partial charge in [-0.25, -0.2) is 4.98 Å². The van der Waals surface area contributed by atoms with Crippen LogP contribution in [0.25, 0.3) is 0 Å². The highest BCUT2D eigenvalue weighted by atomic mass is 35.5. The van der Waals surface area contributed by atoms with Gasteiger partial charge in [0.25, 0.3) is 0 Å². The van der Waals surface area contributed by atoms with Gasteiger partial charge in [-0.15, -0.1) is 0 Å². The molecule has 2 aromatic rings. The minimum absolute atomic E-state index is 0.648. The largest absolute Gasteiger partial charge is 0.378 e. The third-order valence-corrected chi connectivity index (χ3v) is 7.42. The van der Waals surface area contributed by atoms with E-state index in [1.54, 1.807) is 0 Å². The molecule has 1 aromatic carbocycles. The minimum atomic E-state index is -1.00. The highest BCUT2D eigenvalue weighted by molar-refractivity contribution is 7.85. The van der Waals surface area contributed by atoms with Crippen LogP contribution in [-0.2, 0) is 22.0 Å². The number of nitrogens with zero attached hydrogens (tertiary/aromatic N) is 5. The summed E-state index contributed by atoms with van der Waals surface area (Å²) < 4.78 is 18.1. The first kappa shape index (κ1) is 19.1. The first-order valence-corrected chi connectivity index (χ1v) is 11.8. The van der Waals surface area contributed by atoms with Crippen molar-refractivity contribution in [3.8, 4) is 0 Å². The number of hydrogen-bond donors (Lipinski definition) is 0. The highest BCUT2D eigenvalue weighted by Gasteiger charge is 2.31. The molecule has 0 saturated carbocycles. The number of rotatable bonds is 3. The summed E-state index contributed by atoms with van der Waals surface area (Å²) in [4.78, 5) is 17.4. The van der Waals surface area contributed by atoms with Crippen molar-refractivity contribution in [2.45, 2.75) is 11.3 Å². The second-order valence-electron chi connectivity index (χ2n) is 7.47. The molecule has 0 aliphatic carbocycles. The topological polar surface area (TPSA) is 61.8 Å². The Kier molecular flexibility index (Phi) is 5.32. The Morgan fingerprint density at radius 2 is 1.59 bits per heavy atom. The van der Waals surface area contributed by atoms with Gasteiger partial charge in [0.1, 0.15) is 4.90 Å². The summed E-state index contributed by atoms with van der Waals surface area (Å²) in [6, 6.07) is 7.99. The molecule has 2 saturated heterocycles. The summed E-state index contributed by atoms with van der Waals surface area (Å²) in [5, 5.41) is 0.756. The highest BCUT2D eigenvalue weighted by Crippen LogP contribution is 2.33. The number of morpholine rings is 1. The second-order valence-corrected chi connectivity index (χ2v) is 9.42. The van der Waals surface area contributed by atoms with E-state index in [4.69, 9.17) is 26.3 Å². The standard InChI is InChI=1S/C20H24ClN5O2S/c21-15-1-3-16(4-2-15)24-6-8-26(9-7-24)20-22-17-5-14-29(27)18(17)19(23-20)25-10-12-28-13-11-25/h1-4H,5-14H2/t29-/m1/s1. The van der Waals surface area contributed by atoms with Gasteiger partial charge in [-0.1, -0.05) is 11.6 Å². The van der Waals surface area contributed by atoms with Crippen LogP contribution in [-0.4, -0.2) is 72.4 Å². The Balaban J connectivity index is 1.37. The fraction of sp³-hybridized carbons (Fsp3) is 0.500. The molecule has 1 atom stereocenters. The zero-order valence-corrected chi connectivity index (χ0v) is 17.8. The molecule has 0 amide bonds. The molecule has 0 unspecified atom stereocenters. The molecular formula is C20H24ClN5O2S. The number of fused-ring (bicyclic) bond motifs is 1. The molecule has 0 radical (unpaired) electrons. The zero-order valence-electron chi connectivity index (χ0n) is 16.2. The predicted molar refractivity (Wildman–Crippen MR) is 116 cm³/mol. The van der Waals surface area contributed by atoms with E-state index in [2.05, 4.69) is 26.8 Å². The van der Waals surface area contributed by atoms with Crippen LogP contribution in [0.5, 0.6) is 0 Å². The van der Waals surface area contributed by atoms with Crippen LogP contribution in [0.2, 0.25) is 5.02 Å². The van der Waals surface area contributed by atoms with E-state index in [0.717, 1.165) is 73.1 Å². The van der Waals surface area contributed by atoms with E-state index in [1.165, 1.54) is 5.69 Å². The fourth-order valence-corrected chi connectivity index (χ4v) is 5.61. The second kappa shape index (κ2) is 8.08. The maximum atomic E-state index is 12.6. The van der Waals surface area contributed by atoms with Crippen molar-refractivity contribution in [1.82, 2.24) is 9.97 Å². The molecule has 3 aliphatic rings. The van der Waals surface area contributed by atoms with Crippen molar-refractivity contribution in [2.75, 3.05) is 72.9 Å². The van der Waals surface area contributed by atoms with Crippen LogP contribution in [0.1, 0.15) is 5.69 Å². The lowest BCUT2D eigenvalue weighted by atomic mass is 10.2. The number of benzene rings is 1. The Hall–Kier alpha value is -1.90. The molecule has 29 heavy (non-hydrogen) atoms. The maximum absolute atomic E-state index is 12.6.